The molecule has 0 unspecified atom stereocenters. The zero-order valence-electron chi connectivity index (χ0n) is 12.0. The van der Waals surface area contributed by atoms with Crippen molar-refractivity contribution in [3.8, 4) is 0 Å². The molecule has 3 heterocycles. The molecule has 110 valence electrons. The molecule has 0 saturated heterocycles. The molecule has 0 fully saturated rings. The van der Waals surface area contributed by atoms with Crippen LogP contribution >= 0.6 is 11.3 Å². The first-order chi connectivity index (χ1) is 10.1. The smallest absolute Gasteiger partial charge is 0.268 e. The molecule has 3 aromatic rings. The van der Waals surface area contributed by atoms with E-state index >= 15 is 0 Å². The van der Waals surface area contributed by atoms with Crippen molar-refractivity contribution >= 4 is 21.6 Å². The lowest BCUT2D eigenvalue weighted by Crippen LogP contribution is -2.24. The highest BCUT2D eigenvalue weighted by Crippen LogP contribution is 2.14. The van der Waals surface area contributed by atoms with Gasteiger partial charge in [-0.1, -0.05) is 13.8 Å². The Morgan fingerprint density at radius 3 is 3.14 bits per heavy atom. The van der Waals surface area contributed by atoms with Gasteiger partial charge in [0.2, 0.25) is 0 Å². The molecule has 6 nitrogen and oxygen atoms in total. The molecule has 0 saturated carbocycles. The molecule has 0 radical (unpaired) electrons. The first-order valence-electron chi connectivity index (χ1n) is 6.83. The van der Waals surface area contributed by atoms with Crippen LogP contribution in [0, 0.1) is 0 Å². The third-order valence-electron chi connectivity index (χ3n) is 3.15. The Labute approximate surface area is 125 Å². The number of H-pyrrole nitrogens is 1. The Kier molecular flexibility index (Phi) is 3.85. The maximum absolute atomic E-state index is 12.0. The summed E-state index contributed by atoms with van der Waals surface area (Å²) in [6.45, 7) is 5.39. The largest absolute Gasteiger partial charge is 0.326 e. The lowest BCUT2D eigenvalue weighted by Gasteiger charge is -2.10. The Morgan fingerprint density at radius 1 is 1.48 bits per heavy atom. The van der Waals surface area contributed by atoms with E-state index in [2.05, 4.69) is 34.1 Å². The van der Waals surface area contributed by atoms with Gasteiger partial charge in [0.05, 0.1) is 18.6 Å². The predicted molar refractivity (Wildman–Crippen MR) is 83.5 cm³/mol. The minimum Gasteiger partial charge on any atom is -0.326 e. The van der Waals surface area contributed by atoms with Crippen LogP contribution in [-0.4, -0.2) is 25.6 Å². The summed E-state index contributed by atoms with van der Waals surface area (Å²) in [4.78, 5) is 23.6. The SMILES string of the molecule is CC(C)NCc1nccn1Cc1nc2ccsc2c(=O)[nH]1. The van der Waals surface area contributed by atoms with E-state index < -0.39 is 0 Å². The molecule has 3 rings (SSSR count). The van der Waals surface area contributed by atoms with E-state index in [9.17, 15) is 4.79 Å². The monoisotopic (exact) mass is 303 g/mol. The summed E-state index contributed by atoms with van der Waals surface area (Å²) in [5, 5.41) is 5.22. The first kappa shape index (κ1) is 14.0. The van der Waals surface area contributed by atoms with Crippen molar-refractivity contribution < 1.29 is 0 Å². The molecule has 0 aromatic carbocycles. The van der Waals surface area contributed by atoms with Gasteiger partial charge in [-0.2, -0.15) is 0 Å². The fourth-order valence-electron chi connectivity index (χ4n) is 2.10. The van der Waals surface area contributed by atoms with Gasteiger partial charge in [0.15, 0.2) is 0 Å². The highest BCUT2D eigenvalue weighted by Gasteiger charge is 2.08. The number of imidazole rings is 1. The second-order valence-electron chi connectivity index (χ2n) is 5.15. The molecule has 3 aromatic heterocycles. The number of hydrogen-bond donors (Lipinski definition) is 2. The summed E-state index contributed by atoms with van der Waals surface area (Å²) in [7, 11) is 0. The fourth-order valence-corrected chi connectivity index (χ4v) is 2.83. The second-order valence-corrected chi connectivity index (χ2v) is 6.07. The van der Waals surface area contributed by atoms with Gasteiger partial charge in [-0.05, 0) is 11.4 Å². The van der Waals surface area contributed by atoms with Gasteiger partial charge in [0.25, 0.3) is 5.56 Å². The molecule has 0 atom stereocenters. The average Bonchev–Trinajstić information content (AvgIpc) is 3.05. The van der Waals surface area contributed by atoms with E-state index in [1.807, 2.05) is 22.2 Å². The van der Waals surface area contributed by atoms with Crippen molar-refractivity contribution in [1.29, 1.82) is 0 Å². The van der Waals surface area contributed by atoms with E-state index in [0.717, 1.165) is 11.3 Å². The highest BCUT2D eigenvalue weighted by atomic mass is 32.1. The molecule has 0 aliphatic rings. The molecule has 21 heavy (non-hydrogen) atoms. The Bertz CT molecular complexity index is 801. The number of thiophene rings is 1. The molecule has 7 heteroatoms. The standard InChI is InChI=1S/C14H17N5OS/c1-9(2)16-7-12-15-4-5-19(12)8-11-17-10-3-6-21-13(10)14(20)18-11/h3-6,9,16H,7-8H2,1-2H3,(H,17,18,20). The maximum Gasteiger partial charge on any atom is 0.268 e. The van der Waals surface area contributed by atoms with Crippen molar-refractivity contribution in [3.05, 3.63) is 45.8 Å². The molecular weight excluding hydrogens is 286 g/mol. The third kappa shape index (κ3) is 3.03. The number of aromatic nitrogens is 4. The number of nitrogens with zero attached hydrogens (tertiary/aromatic N) is 3. The van der Waals surface area contributed by atoms with Crippen molar-refractivity contribution in [1.82, 2.24) is 24.8 Å². The van der Waals surface area contributed by atoms with Crippen LogP contribution < -0.4 is 10.9 Å². The number of aromatic amines is 1. The second kappa shape index (κ2) is 5.79. The number of rotatable bonds is 5. The lowest BCUT2D eigenvalue weighted by atomic mass is 10.4. The average molecular weight is 303 g/mol. The third-order valence-corrected chi connectivity index (χ3v) is 4.06. The minimum atomic E-state index is -0.0769. The maximum atomic E-state index is 12.0. The van der Waals surface area contributed by atoms with Crippen LogP contribution in [0.15, 0.2) is 28.6 Å². The van der Waals surface area contributed by atoms with E-state index in [1.165, 1.54) is 11.3 Å². The zero-order valence-corrected chi connectivity index (χ0v) is 12.8. The van der Waals surface area contributed by atoms with E-state index in [-0.39, 0.29) is 5.56 Å². The van der Waals surface area contributed by atoms with Crippen LogP contribution in [-0.2, 0) is 13.1 Å². The van der Waals surface area contributed by atoms with E-state index in [4.69, 9.17) is 0 Å². The number of hydrogen-bond acceptors (Lipinski definition) is 5. The molecule has 0 spiro atoms. The summed E-state index contributed by atoms with van der Waals surface area (Å²) in [6, 6.07) is 2.27. The van der Waals surface area contributed by atoms with Crippen LogP contribution in [0.3, 0.4) is 0 Å². The topological polar surface area (TPSA) is 75.6 Å². The molecule has 0 bridgehead atoms. The number of nitrogens with one attached hydrogen (secondary N) is 2. The molecular formula is C14H17N5OS. The highest BCUT2D eigenvalue weighted by molar-refractivity contribution is 7.17. The normalized spacial score (nSPS) is 11.6. The molecule has 0 aliphatic heterocycles. The van der Waals surface area contributed by atoms with Crippen LogP contribution in [0.4, 0.5) is 0 Å². The summed E-state index contributed by atoms with van der Waals surface area (Å²) in [5.41, 5.74) is 0.674. The van der Waals surface area contributed by atoms with Crippen molar-refractivity contribution in [2.75, 3.05) is 0 Å². The van der Waals surface area contributed by atoms with Crippen LogP contribution in [0.25, 0.3) is 10.2 Å². The van der Waals surface area contributed by atoms with Gasteiger partial charge in [0.1, 0.15) is 16.3 Å². The van der Waals surface area contributed by atoms with Gasteiger partial charge in [-0.15, -0.1) is 11.3 Å². The molecule has 0 amide bonds. The minimum absolute atomic E-state index is 0.0769. The van der Waals surface area contributed by atoms with E-state index in [1.54, 1.807) is 6.20 Å². The first-order valence-corrected chi connectivity index (χ1v) is 7.71. The van der Waals surface area contributed by atoms with Gasteiger partial charge >= 0.3 is 0 Å². The van der Waals surface area contributed by atoms with Gasteiger partial charge in [-0.25, -0.2) is 9.97 Å². The summed E-state index contributed by atoms with van der Waals surface area (Å²) < 4.78 is 2.66. The Balaban J connectivity index is 1.85. The zero-order chi connectivity index (χ0) is 14.8. The van der Waals surface area contributed by atoms with Crippen LogP contribution in [0.5, 0.6) is 0 Å². The number of fused-ring (bicyclic) bond motifs is 1. The lowest BCUT2D eigenvalue weighted by molar-refractivity contribution is 0.551. The van der Waals surface area contributed by atoms with Gasteiger partial charge in [0, 0.05) is 18.4 Å². The summed E-state index contributed by atoms with van der Waals surface area (Å²) in [5.74, 6) is 1.58. The predicted octanol–water partition coefficient (Wildman–Crippen LogP) is 1.73. The van der Waals surface area contributed by atoms with Crippen molar-refractivity contribution in [2.24, 2.45) is 0 Å². The van der Waals surface area contributed by atoms with E-state index in [0.29, 0.717) is 29.7 Å². The quantitative estimate of drug-likeness (QED) is 0.752. The van der Waals surface area contributed by atoms with Crippen molar-refractivity contribution in [3.63, 3.8) is 0 Å². The van der Waals surface area contributed by atoms with Crippen LogP contribution in [0.2, 0.25) is 0 Å². The molecule has 0 aliphatic carbocycles. The van der Waals surface area contributed by atoms with Gasteiger partial charge in [-0.3, -0.25) is 4.79 Å². The van der Waals surface area contributed by atoms with Gasteiger partial charge < -0.3 is 14.9 Å². The molecule has 2 N–H and O–H groups in total. The Hall–Kier alpha value is -1.99. The fraction of sp³-hybridized carbons (Fsp3) is 0.357. The summed E-state index contributed by atoms with van der Waals surface area (Å²) >= 11 is 1.41. The van der Waals surface area contributed by atoms with Crippen LogP contribution in [0.1, 0.15) is 25.5 Å². The van der Waals surface area contributed by atoms with Crippen molar-refractivity contribution in [2.45, 2.75) is 33.0 Å². The summed E-state index contributed by atoms with van der Waals surface area (Å²) in [6.07, 6.45) is 3.66. The Morgan fingerprint density at radius 2 is 2.33 bits per heavy atom.